The lowest BCUT2D eigenvalue weighted by atomic mass is 10.1. The average Bonchev–Trinajstić information content (AvgIpc) is 2.55. The molecule has 1 aromatic heterocycles. The van der Waals surface area contributed by atoms with Gasteiger partial charge in [-0.05, 0) is 36.2 Å². The minimum absolute atomic E-state index is 0.107. The Kier molecular flexibility index (Phi) is 4.00. The summed E-state index contributed by atoms with van der Waals surface area (Å²) in [5.74, 6) is 0.537. The Bertz CT molecular complexity index is 629. The topological polar surface area (TPSA) is 63.2 Å². The summed E-state index contributed by atoms with van der Waals surface area (Å²) in [5, 5.41) is 6.16. The Balaban J connectivity index is 1.63. The molecule has 0 aliphatic carbocycles. The van der Waals surface area contributed by atoms with Gasteiger partial charge in [-0.3, -0.25) is 9.78 Å². The van der Waals surface area contributed by atoms with Crippen molar-refractivity contribution in [3.05, 3.63) is 53.9 Å². The highest BCUT2D eigenvalue weighted by Crippen LogP contribution is 2.30. The zero-order chi connectivity index (χ0) is 14.5. The highest BCUT2D eigenvalue weighted by molar-refractivity contribution is 5.98. The molecule has 5 nitrogen and oxygen atoms in total. The summed E-state index contributed by atoms with van der Waals surface area (Å²) in [7, 11) is 0. The summed E-state index contributed by atoms with van der Waals surface area (Å²) in [5.41, 5.74) is 2.61. The Morgan fingerprint density at radius 1 is 1.29 bits per heavy atom. The Morgan fingerprint density at radius 3 is 3.00 bits per heavy atom. The van der Waals surface area contributed by atoms with Crippen LogP contribution in [0.3, 0.4) is 0 Å². The molecular weight excluding hydrogens is 266 g/mol. The number of ether oxygens (including phenoxy) is 1. The van der Waals surface area contributed by atoms with Gasteiger partial charge in [0.2, 0.25) is 0 Å². The molecule has 108 valence electrons. The summed E-state index contributed by atoms with van der Waals surface area (Å²) in [6, 6.07) is 9.46. The van der Waals surface area contributed by atoms with E-state index in [1.807, 2.05) is 24.3 Å². The molecule has 0 bridgehead atoms. The lowest BCUT2D eigenvalue weighted by Gasteiger charge is -2.21. The third-order valence-corrected chi connectivity index (χ3v) is 3.37. The van der Waals surface area contributed by atoms with E-state index in [0.29, 0.717) is 24.5 Å². The number of hydrogen-bond acceptors (Lipinski definition) is 4. The van der Waals surface area contributed by atoms with Crippen molar-refractivity contribution in [3.63, 3.8) is 0 Å². The third-order valence-electron chi connectivity index (χ3n) is 3.37. The summed E-state index contributed by atoms with van der Waals surface area (Å²) in [6.07, 6.45) is 4.29. The second-order valence-electron chi connectivity index (χ2n) is 4.82. The molecule has 0 atom stereocenters. The van der Waals surface area contributed by atoms with Gasteiger partial charge in [-0.15, -0.1) is 0 Å². The van der Waals surface area contributed by atoms with Gasteiger partial charge < -0.3 is 15.4 Å². The number of carbonyl (C=O) groups excluding carboxylic acids is 1. The standard InChI is InChI=1S/C16H17N3O2/c20-16(19-9-6-12-4-7-17-8-5-12)13-2-1-3-14-15(13)21-11-10-18-14/h1-5,7-8,18H,6,9-11H2,(H,19,20). The number of rotatable bonds is 4. The van der Waals surface area contributed by atoms with Crippen LogP contribution in [0, 0.1) is 0 Å². The van der Waals surface area contributed by atoms with Crippen LogP contribution in [0.1, 0.15) is 15.9 Å². The molecule has 0 radical (unpaired) electrons. The Labute approximate surface area is 123 Å². The van der Waals surface area contributed by atoms with Gasteiger partial charge in [-0.2, -0.15) is 0 Å². The zero-order valence-electron chi connectivity index (χ0n) is 11.6. The predicted molar refractivity (Wildman–Crippen MR) is 80.7 cm³/mol. The van der Waals surface area contributed by atoms with E-state index in [-0.39, 0.29) is 5.91 Å². The maximum Gasteiger partial charge on any atom is 0.255 e. The maximum atomic E-state index is 12.3. The molecule has 3 rings (SSSR count). The molecule has 0 unspecified atom stereocenters. The van der Waals surface area contributed by atoms with Crippen molar-refractivity contribution < 1.29 is 9.53 Å². The van der Waals surface area contributed by atoms with E-state index in [2.05, 4.69) is 15.6 Å². The van der Waals surface area contributed by atoms with E-state index in [1.165, 1.54) is 0 Å². The highest BCUT2D eigenvalue weighted by Gasteiger charge is 2.18. The molecule has 1 amide bonds. The van der Waals surface area contributed by atoms with Gasteiger partial charge in [0, 0.05) is 25.5 Å². The zero-order valence-corrected chi connectivity index (χ0v) is 11.6. The normalized spacial score (nSPS) is 12.8. The molecule has 21 heavy (non-hydrogen) atoms. The first-order valence-electron chi connectivity index (χ1n) is 7.01. The number of anilines is 1. The van der Waals surface area contributed by atoms with Gasteiger partial charge in [0.25, 0.3) is 5.91 Å². The molecule has 0 spiro atoms. The van der Waals surface area contributed by atoms with E-state index >= 15 is 0 Å². The van der Waals surface area contributed by atoms with Crippen LogP contribution in [0.5, 0.6) is 5.75 Å². The molecule has 1 aromatic carbocycles. The first kappa shape index (κ1) is 13.4. The molecule has 5 heteroatoms. The number of benzene rings is 1. The van der Waals surface area contributed by atoms with Crippen LogP contribution >= 0.6 is 0 Å². The molecule has 0 fully saturated rings. The first-order chi connectivity index (χ1) is 10.3. The lowest BCUT2D eigenvalue weighted by molar-refractivity contribution is 0.0950. The second-order valence-corrected chi connectivity index (χ2v) is 4.82. The summed E-state index contributed by atoms with van der Waals surface area (Å²) >= 11 is 0. The number of hydrogen-bond donors (Lipinski definition) is 2. The van der Waals surface area contributed by atoms with E-state index in [4.69, 9.17) is 4.74 Å². The molecular formula is C16H17N3O2. The second kappa shape index (κ2) is 6.26. The van der Waals surface area contributed by atoms with Crippen LogP contribution in [0.15, 0.2) is 42.7 Å². The van der Waals surface area contributed by atoms with Gasteiger partial charge in [0.15, 0.2) is 5.75 Å². The maximum absolute atomic E-state index is 12.3. The van der Waals surface area contributed by atoms with Crippen LogP contribution in [-0.2, 0) is 6.42 Å². The predicted octanol–water partition coefficient (Wildman–Crippen LogP) is 1.86. The molecule has 2 heterocycles. The van der Waals surface area contributed by atoms with Crippen LogP contribution in [0.4, 0.5) is 5.69 Å². The van der Waals surface area contributed by atoms with Crippen molar-refractivity contribution in [2.45, 2.75) is 6.42 Å². The van der Waals surface area contributed by atoms with Crippen LogP contribution < -0.4 is 15.4 Å². The monoisotopic (exact) mass is 283 g/mol. The largest absolute Gasteiger partial charge is 0.489 e. The van der Waals surface area contributed by atoms with Crippen molar-refractivity contribution in [2.75, 3.05) is 25.0 Å². The van der Waals surface area contributed by atoms with E-state index in [0.717, 1.165) is 24.2 Å². The Hall–Kier alpha value is -2.56. The average molecular weight is 283 g/mol. The number of para-hydroxylation sites is 1. The smallest absolute Gasteiger partial charge is 0.255 e. The van der Waals surface area contributed by atoms with Crippen molar-refractivity contribution in [1.82, 2.24) is 10.3 Å². The van der Waals surface area contributed by atoms with Crippen molar-refractivity contribution in [1.29, 1.82) is 0 Å². The van der Waals surface area contributed by atoms with Crippen LogP contribution in [0.2, 0.25) is 0 Å². The van der Waals surface area contributed by atoms with Crippen LogP contribution in [0.25, 0.3) is 0 Å². The number of fused-ring (bicyclic) bond motifs is 1. The van der Waals surface area contributed by atoms with Gasteiger partial charge in [-0.25, -0.2) is 0 Å². The van der Waals surface area contributed by atoms with E-state index in [9.17, 15) is 4.79 Å². The number of carbonyl (C=O) groups is 1. The Morgan fingerprint density at radius 2 is 2.14 bits per heavy atom. The molecule has 0 saturated heterocycles. The fourth-order valence-corrected chi connectivity index (χ4v) is 2.31. The van der Waals surface area contributed by atoms with Gasteiger partial charge in [-0.1, -0.05) is 6.07 Å². The molecule has 0 saturated carbocycles. The molecule has 1 aliphatic heterocycles. The minimum Gasteiger partial charge on any atom is -0.489 e. The van der Waals surface area contributed by atoms with Gasteiger partial charge in [0.05, 0.1) is 11.3 Å². The quantitative estimate of drug-likeness (QED) is 0.899. The van der Waals surface area contributed by atoms with Crippen molar-refractivity contribution in [2.24, 2.45) is 0 Å². The summed E-state index contributed by atoms with van der Waals surface area (Å²) < 4.78 is 5.61. The van der Waals surface area contributed by atoms with Crippen molar-refractivity contribution >= 4 is 11.6 Å². The minimum atomic E-state index is -0.107. The van der Waals surface area contributed by atoms with Gasteiger partial charge >= 0.3 is 0 Å². The first-order valence-corrected chi connectivity index (χ1v) is 7.01. The molecule has 2 N–H and O–H groups in total. The number of amides is 1. The number of nitrogens with one attached hydrogen (secondary N) is 2. The van der Waals surface area contributed by atoms with Crippen molar-refractivity contribution in [3.8, 4) is 5.75 Å². The lowest BCUT2D eigenvalue weighted by Crippen LogP contribution is -2.28. The molecule has 2 aromatic rings. The number of pyridine rings is 1. The third kappa shape index (κ3) is 3.13. The fourth-order valence-electron chi connectivity index (χ4n) is 2.31. The SMILES string of the molecule is O=C(NCCc1ccncc1)c1cccc2c1OCCN2. The van der Waals surface area contributed by atoms with Gasteiger partial charge in [0.1, 0.15) is 6.61 Å². The summed E-state index contributed by atoms with van der Waals surface area (Å²) in [4.78, 5) is 16.2. The van der Waals surface area contributed by atoms with Crippen LogP contribution in [-0.4, -0.2) is 30.6 Å². The summed E-state index contributed by atoms with van der Waals surface area (Å²) in [6.45, 7) is 1.92. The van der Waals surface area contributed by atoms with E-state index in [1.54, 1.807) is 18.5 Å². The highest BCUT2D eigenvalue weighted by atomic mass is 16.5. The van der Waals surface area contributed by atoms with E-state index < -0.39 is 0 Å². The molecule has 1 aliphatic rings. The number of nitrogens with zero attached hydrogens (tertiary/aromatic N) is 1. The fraction of sp³-hybridized carbons (Fsp3) is 0.250. The number of aromatic nitrogens is 1.